The molecule has 84 valence electrons. The van der Waals surface area contributed by atoms with Gasteiger partial charge in [0.15, 0.2) is 8.32 Å². The maximum atomic E-state index is 6.26. The zero-order chi connectivity index (χ0) is 10.6. The van der Waals surface area contributed by atoms with Gasteiger partial charge in [-0.3, -0.25) is 0 Å². The summed E-state index contributed by atoms with van der Waals surface area (Å²) in [6, 6.07) is 0. The van der Waals surface area contributed by atoms with Gasteiger partial charge in [-0.1, -0.05) is 48.3 Å². The first-order chi connectivity index (χ1) is 6.49. The molecule has 1 nitrogen and oxygen atoms in total. The first-order valence-electron chi connectivity index (χ1n) is 5.81. The lowest BCUT2D eigenvalue weighted by Crippen LogP contribution is -2.37. The Labute approximate surface area is 103 Å². The van der Waals surface area contributed by atoms with Gasteiger partial charge < -0.3 is 4.43 Å². The van der Waals surface area contributed by atoms with Crippen molar-refractivity contribution in [3.63, 3.8) is 0 Å². The molecular formula is C11H23IOSi. The summed E-state index contributed by atoms with van der Waals surface area (Å²) in [4.78, 5) is 0. The van der Waals surface area contributed by atoms with Crippen LogP contribution in [0.25, 0.3) is 0 Å². The van der Waals surface area contributed by atoms with Crippen LogP contribution in [0.3, 0.4) is 0 Å². The maximum absolute atomic E-state index is 6.26. The van der Waals surface area contributed by atoms with Crippen molar-refractivity contribution in [3.8, 4) is 0 Å². The van der Waals surface area contributed by atoms with Crippen molar-refractivity contribution in [3.05, 3.63) is 0 Å². The number of hydrogen-bond donors (Lipinski definition) is 0. The highest BCUT2D eigenvalue weighted by Gasteiger charge is 2.26. The Kier molecular flexibility index (Phi) is 5.42. The van der Waals surface area contributed by atoms with E-state index in [1.807, 2.05) is 0 Å². The summed E-state index contributed by atoms with van der Waals surface area (Å²) in [5, 5.41) is 0. The molecule has 3 heteroatoms. The van der Waals surface area contributed by atoms with Crippen LogP contribution in [0, 0.1) is 0 Å². The van der Waals surface area contributed by atoms with Crippen LogP contribution in [0.4, 0.5) is 0 Å². The zero-order valence-electron chi connectivity index (χ0n) is 9.68. The molecular weight excluding hydrogens is 303 g/mol. The average molecular weight is 326 g/mol. The van der Waals surface area contributed by atoms with Crippen LogP contribution < -0.4 is 0 Å². The lowest BCUT2D eigenvalue weighted by Gasteiger charge is -2.31. The molecule has 0 N–H and O–H groups in total. The summed E-state index contributed by atoms with van der Waals surface area (Å²) in [6.45, 7) is 6.90. The van der Waals surface area contributed by atoms with Crippen molar-refractivity contribution in [2.75, 3.05) is 0 Å². The van der Waals surface area contributed by atoms with Gasteiger partial charge in [-0.05, 0) is 32.5 Å². The minimum atomic E-state index is -1.33. The first kappa shape index (κ1) is 13.0. The molecule has 2 atom stereocenters. The van der Waals surface area contributed by atoms with Crippen LogP contribution in [0.5, 0.6) is 0 Å². The molecule has 1 rings (SSSR count). The molecule has 0 heterocycles. The van der Waals surface area contributed by atoms with E-state index in [1.54, 1.807) is 0 Å². The maximum Gasteiger partial charge on any atom is 0.184 e. The van der Waals surface area contributed by atoms with Gasteiger partial charge in [-0.25, -0.2) is 0 Å². The first-order valence-corrected chi connectivity index (χ1v) is 10.5. The van der Waals surface area contributed by atoms with Gasteiger partial charge in [0.05, 0.1) is 6.10 Å². The van der Waals surface area contributed by atoms with E-state index >= 15 is 0 Å². The summed E-state index contributed by atoms with van der Waals surface area (Å²) in [5.74, 6) is 0. The molecule has 14 heavy (non-hydrogen) atoms. The Balaban J connectivity index is 2.45. The summed E-state index contributed by atoms with van der Waals surface area (Å²) in [7, 11) is -1.33. The Morgan fingerprint density at radius 3 is 2.14 bits per heavy atom. The summed E-state index contributed by atoms with van der Waals surface area (Å²) in [5.41, 5.74) is 0. The Morgan fingerprint density at radius 1 is 1.00 bits per heavy atom. The van der Waals surface area contributed by atoms with E-state index in [-0.39, 0.29) is 0 Å². The fourth-order valence-electron chi connectivity index (χ4n) is 1.99. The number of alkyl halides is 1. The molecule has 0 aromatic rings. The van der Waals surface area contributed by atoms with Gasteiger partial charge in [0, 0.05) is 3.92 Å². The largest absolute Gasteiger partial charge is 0.414 e. The zero-order valence-corrected chi connectivity index (χ0v) is 12.8. The predicted octanol–water partition coefficient (Wildman–Crippen LogP) is 4.36. The molecule has 0 bridgehead atoms. The SMILES string of the molecule is C[Si](C)(C)OC1CCCCCCC1I. The van der Waals surface area contributed by atoms with E-state index in [2.05, 4.69) is 42.2 Å². The third kappa shape index (κ3) is 5.12. The second kappa shape index (κ2) is 5.85. The van der Waals surface area contributed by atoms with Crippen LogP contribution in [0.2, 0.25) is 19.6 Å². The summed E-state index contributed by atoms with van der Waals surface area (Å²) < 4.78 is 7.01. The van der Waals surface area contributed by atoms with Crippen LogP contribution in [-0.4, -0.2) is 18.3 Å². The molecule has 0 radical (unpaired) electrons. The molecule has 1 aliphatic rings. The standard InChI is InChI=1S/C11H23IOSi/c1-14(2,3)13-11-9-7-5-4-6-8-10(11)12/h10-11H,4-9H2,1-3H3. The molecule has 0 saturated heterocycles. The highest BCUT2D eigenvalue weighted by atomic mass is 127. The topological polar surface area (TPSA) is 9.23 Å². The molecule has 1 saturated carbocycles. The fraction of sp³-hybridized carbons (Fsp3) is 1.00. The molecule has 2 unspecified atom stereocenters. The Morgan fingerprint density at radius 2 is 1.57 bits per heavy atom. The van der Waals surface area contributed by atoms with Crippen molar-refractivity contribution >= 4 is 30.9 Å². The summed E-state index contributed by atoms with van der Waals surface area (Å²) in [6.07, 6.45) is 8.80. The van der Waals surface area contributed by atoms with Gasteiger partial charge >= 0.3 is 0 Å². The number of rotatable bonds is 2. The smallest absolute Gasteiger partial charge is 0.184 e. The molecule has 0 amide bonds. The Hall–Kier alpha value is 0.907. The lowest BCUT2D eigenvalue weighted by atomic mass is 9.99. The molecule has 0 spiro atoms. The second-order valence-corrected chi connectivity index (χ2v) is 11.3. The molecule has 0 aromatic carbocycles. The van der Waals surface area contributed by atoms with Gasteiger partial charge in [0.25, 0.3) is 0 Å². The minimum absolute atomic E-state index is 0.544. The number of halogens is 1. The number of hydrogen-bond acceptors (Lipinski definition) is 1. The summed E-state index contributed by atoms with van der Waals surface area (Å²) >= 11 is 2.60. The monoisotopic (exact) mass is 326 g/mol. The lowest BCUT2D eigenvalue weighted by molar-refractivity contribution is 0.171. The fourth-order valence-corrected chi connectivity index (χ4v) is 4.41. The van der Waals surface area contributed by atoms with Crippen LogP contribution in [0.15, 0.2) is 0 Å². The van der Waals surface area contributed by atoms with E-state index in [1.165, 1.54) is 38.5 Å². The highest BCUT2D eigenvalue weighted by Crippen LogP contribution is 2.27. The molecule has 0 aromatic heterocycles. The average Bonchev–Trinajstić information content (AvgIpc) is 2.03. The van der Waals surface area contributed by atoms with E-state index < -0.39 is 8.32 Å². The van der Waals surface area contributed by atoms with Crippen LogP contribution in [0.1, 0.15) is 38.5 Å². The Bertz CT molecular complexity index is 167. The highest BCUT2D eigenvalue weighted by molar-refractivity contribution is 14.1. The minimum Gasteiger partial charge on any atom is -0.414 e. The third-order valence-electron chi connectivity index (χ3n) is 2.63. The van der Waals surface area contributed by atoms with E-state index in [0.29, 0.717) is 6.10 Å². The predicted molar refractivity (Wildman–Crippen MR) is 73.7 cm³/mol. The van der Waals surface area contributed by atoms with Crippen molar-refractivity contribution in [2.24, 2.45) is 0 Å². The van der Waals surface area contributed by atoms with Crippen molar-refractivity contribution < 1.29 is 4.43 Å². The van der Waals surface area contributed by atoms with E-state index in [0.717, 1.165) is 3.92 Å². The van der Waals surface area contributed by atoms with Crippen molar-refractivity contribution in [2.45, 2.75) is 68.2 Å². The van der Waals surface area contributed by atoms with E-state index in [9.17, 15) is 0 Å². The van der Waals surface area contributed by atoms with Gasteiger partial charge in [0.1, 0.15) is 0 Å². The molecule has 1 aliphatic carbocycles. The second-order valence-electron chi connectivity index (χ2n) is 5.28. The van der Waals surface area contributed by atoms with Gasteiger partial charge in [0.2, 0.25) is 0 Å². The van der Waals surface area contributed by atoms with E-state index in [4.69, 9.17) is 4.43 Å². The molecule has 0 aliphatic heterocycles. The third-order valence-corrected chi connectivity index (χ3v) is 5.06. The normalized spacial score (nSPS) is 30.9. The molecule has 1 fully saturated rings. The van der Waals surface area contributed by atoms with Crippen molar-refractivity contribution in [1.82, 2.24) is 0 Å². The van der Waals surface area contributed by atoms with Gasteiger partial charge in [-0.2, -0.15) is 0 Å². The van der Waals surface area contributed by atoms with Crippen LogP contribution >= 0.6 is 22.6 Å². The van der Waals surface area contributed by atoms with Crippen molar-refractivity contribution in [1.29, 1.82) is 0 Å². The van der Waals surface area contributed by atoms with Crippen LogP contribution in [-0.2, 0) is 4.43 Å². The van der Waals surface area contributed by atoms with Gasteiger partial charge in [-0.15, -0.1) is 0 Å². The quantitative estimate of drug-likeness (QED) is 0.416.